The van der Waals surface area contributed by atoms with Crippen LogP contribution in [0.3, 0.4) is 0 Å². The van der Waals surface area contributed by atoms with Gasteiger partial charge in [-0.05, 0) is 43.2 Å². The molecular weight excluding hydrogens is 342 g/mol. The van der Waals surface area contributed by atoms with Gasteiger partial charge in [-0.3, -0.25) is 4.79 Å². The van der Waals surface area contributed by atoms with Gasteiger partial charge in [-0.2, -0.15) is 5.10 Å². The Morgan fingerprint density at radius 1 is 1.18 bits per heavy atom. The van der Waals surface area contributed by atoms with E-state index in [1.807, 2.05) is 50.2 Å². The van der Waals surface area contributed by atoms with E-state index in [1.165, 1.54) is 5.56 Å². The molecule has 2 aromatic rings. The monoisotopic (exact) mass is 359 g/mol. The molecule has 2 N–H and O–H groups in total. The zero-order valence-corrected chi connectivity index (χ0v) is 14.1. The van der Waals surface area contributed by atoms with Gasteiger partial charge in [-0.25, -0.2) is 5.43 Å². The molecule has 2 aromatic carbocycles. The van der Waals surface area contributed by atoms with Gasteiger partial charge in [0.05, 0.1) is 12.8 Å². The maximum Gasteiger partial charge on any atom is 0.259 e. The molecule has 2 rings (SSSR count). The molecule has 0 saturated carbocycles. The van der Waals surface area contributed by atoms with Crippen molar-refractivity contribution in [3.63, 3.8) is 0 Å². The van der Waals surface area contributed by atoms with Crippen LogP contribution in [-0.4, -0.2) is 18.7 Å². The number of aryl methyl sites for hydroxylation is 2. The first-order valence-electron chi connectivity index (χ1n) is 6.93. The average molecular weight is 360 g/mol. The maximum absolute atomic E-state index is 11.7. The second-order valence-corrected chi connectivity index (χ2v) is 5.93. The molecule has 4 nitrogen and oxygen atoms in total. The summed E-state index contributed by atoms with van der Waals surface area (Å²) in [6.45, 7) is 4.24. The van der Waals surface area contributed by atoms with Crippen LogP contribution in [0.5, 0.6) is 0 Å². The topological polar surface area (TPSA) is 53.5 Å². The Kier molecular flexibility index (Phi) is 5.72. The third-order valence-electron chi connectivity index (χ3n) is 3.09. The van der Waals surface area contributed by atoms with E-state index in [-0.39, 0.29) is 12.5 Å². The van der Waals surface area contributed by atoms with E-state index in [4.69, 9.17) is 0 Å². The summed E-state index contributed by atoms with van der Waals surface area (Å²) in [5, 5.41) is 7.04. The van der Waals surface area contributed by atoms with Crippen molar-refractivity contribution in [3.05, 3.63) is 63.6 Å². The molecule has 0 unspecified atom stereocenters. The minimum absolute atomic E-state index is 0.182. The van der Waals surface area contributed by atoms with Crippen molar-refractivity contribution in [1.29, 1.82) is 0 Å². The number of hydrogen-bond donors (Lipinski definition) is 2. The normalized spacial score (nSPS) is 10.7. The fourth-order valence-corrected chi connectivity index (χ4v) is 2.22. The van der Waals surface area contributed by atoms with Gasteiger partial charge >= 0.3 is 0 Å². The molecule has 0 spiro atoms. The molecule has 0 bridgehead atoms. The first-order chi connectivity index (χ1) is 10.5. The lowest BCUT2D eigenvalue weighted by molar-refractivity contribution is -0.119. The van der Waals surface area contributed by atoms with Gasteiger partial charge in [-0.15, -0.1) is 0 Å². The van der Waals surface area contributed by atoms with E-state index >= 15 is 0 Å². The Bertz CT molecular complexity index is 681. The molecule has 0 fully saturated rings. The summed E-state index contributed by atoms with van der Waals surface area (Å²) < 4.78 is 1.01. The van der Waals surface area contributed by atoms with Crippen molar-refractivity contribution < 1.29 is 4.79 Å². The predicted molar refractivity (Wildman–Crippen MR) is 94.3 cm³/mol. The lowest BCUT2D eigenvalue weighted by Crippen LogP contribution is -2.26. The zero-order valence-electron chi connectivity index (χ0n) is 12.6. The van der Waals surface area contributed by atoms with Crippen LogP contribution in [0, 0.1) is 13.8 Å². The van der Waals surface area contributed by atoms with Gasteiger partial charge in [0.25, 0.3) is 5.91 Å². The van der Waals surface area contributed by atoms with Gasteiger partial charge in [0.1, 0.15) is 0 Å². The summed E-state index contributed by atoms with van der Waals surface area (Å²) >= 11 is 3.37. The highest BCUT2D eigenvalue weighted by molar-refractivity contribution is 9.10. The molecule has 22 heavy (non-hydrogen) atoms. The van der Waals surface area contributed by atoms with E-state index in [9.17, 15) is 4.79 Å². The summed E-state index contributed by atoms with van der Waals surface area (Å²) in [5.74, 6) is -0.187. The quantitative estimate of drug-likeness (QED) is 0.632. The lowest BCUT2D eigenvalue weighted by atomic mass is 10.1. The molecule has 0 saturated heterocycles. The van der Waals surface area contributed by atoms with E-state index in [1.54, 1.807) is 6.21 Å². The molecule has 0 aromatic heterocycles. The molecule has 0 radical (unpaired) electrons. The first-order valence-corrected chi connectivity index (χ1v) is 7.72. The Morgan fingerprint density at radius 3 is 2.59 bits per heavy atom. The van der Waals surface area contributed by atoms with E-state index in [0.717, 1.165) is 21.3 Å². The Labute approximate surface area is 138 Å². The fourth-order valence-electron chi connectivity index (χ4n) is 1.95. The highest BCUT2D eigenvalue weighted by Crippen LogP contribution is 2.15. The number of halogens is 1. The van der Waals surface area contributed by atoms with Crippen molar-refractivity contribution in [3.8, 4) is 0 Å². The van der Waals surface area contributed by atoms with Crippen LogP contribution < -0.4 is 10.7 Å². The van der Waals surface area contributed by atoms with Gasteiger partial charge in [0.15, 0.2) is 0 Å². The second-order valence-electron chi connectivity index (χ2n) is 5.02. The molecule has 0 aliphatic carbocycles. The number of anilines is 1. The number of rotatable bonds is 5. The van der Waals surface area contributed by atoms with Gasteiger partial charge in [0, 0.05) is 10.2 Å². The van der Waals surface area contributed by atoms with E-state index in [0.29, 0.717) is 0 Å². The van der Waals surface area contributed by atoms with Crippen LogP contribution in [0.25, 0.3) is 0 Å². The average Bonchev–Trinajstić information content (AvgIpc) is 2.48. The van der Waals surface area contributed by atoms with Crippen molar-refractivity contribution in [1.82, 2.24) is 5.43 Å². The summed E-state index contributed by atoms with van der Waals surface area (Å²) in [7, 11) is 0. The third-order valence-corrected chi connectivity index (χ3v) is 3.62. The smallest absolute Gasteiger partial charge is 0.259 e. The number of nitrogens with one attached hydrogen (secondary N) is 2. The number of hydrogen-bond acceptors (Lipinski definition) is 3. The third kappa shape index (κ3) is 5.00. The molecule has 1 amide bonds. The Balaban J connectivity index is 1.81. The zero-order chi connectivity index (χ0) is 15.9. The van der Waals surface area contributed by atoms with Crippen LogP contribution in [0.1, 0.15) is 16.7 Å². The van der Waals surface area contributed by atoms with Crippen LogP contribution in [0.15, 0.2) is 52.0 Å². The van der Waals surface area contributed by atoms with E-state index < -0.39 is 0 Å². The number of carbonyl (C=O) groups is 1. The summed E-state index contributed by atoms with van der Waals surface area (Å²) in [4.78, 5) is 11.7. The summed E-state index contributed by atoms with van der Waals surface area (Å²) in [5.41, 5.74) is 6.70. The van der Waals surface area contributed by atoms with Gasteiger partial charge in [-0.1, -0.05) is 45.8 Å². The standard InChI is InChI=1S/C17H18BrN3O/c1-12-3-8-16(13(2)9-12)19-11-17(22)21-20-10-14-4-6-15(18)7-5-14/h3-10,19H,11H2,1-2H3,(H,21,22)/b20-10-. The van der Waals surface area contributed by atoms with Crippen LogP contribution in [-0.2, 0) is 4.79 Å². The van der Waals surface area contributed by atoms with Crippen molar-refractivity contribution in [2.24, 2.45) is 5.10 Å². The predicted octanol–water partition coefficient (Wildman–Crippen LogP) is 3.63. The minimum Gasteiger partial charge on any atom is -0.376 e. The number of carbonyl (C=O) groups excluding carboxylic acids is 1. The van der Waals surface area contributed by atoms with Crippen LogP contribution >= 0.6 is 15.9 Å². The van der Waals surface area contributed by atoms with Crippen molar-refractivity contribution in [2.75, 3.05) is 11.9 Å². The minimum atomic E-state index is -0.187. The maximum atomic E-state index is 11.7. The van der Waals surface area contributed by atoms with Crippen LogP contribution in [0.2, 0.25) is 0 Å². The van der Waals surface area contributed by atoms with Gasteiger partial charge < -0.3 is 5.32 Å². The molecule has 0 atom stereocenters. The highest BCUT2D eigenvalue weighted by atomic mass is 79.9. The summed E-state index contributed by atoms with van der Waals surface area (Å²) in [6, 6.07) is 13.7. The fraction of sp³-hybridized carbons (Fsp3) is 0.176. The van der Waals surface area contributed by atoms with E-state index in [2.05, 4.69) is 37.8 Å². The number of nitrogens with zero attached hydrogens (tertiary/aromatic N) is 1. The molecular formula is C17H18BrN3O. The Hall–Kier alpha value is -2.14. The lowest BCUT2D eigenvalue weighted by Gasteiger charge is -2.09. The molecule has 114 valence electrons. The second kappa shape index (κ2) is 7.75. The SMILES string of the molecule is Cc1ccc(NCC(=O)N/N=C\c2ccc(Br)cc2)c(C)c1. The largest absolute Gasteiger partial charge is 0.376 e. The molecule has 0 heterocycles. The highest BCUT2D eigenvalue weighted by Gasteiger charge is 2.02. The van der Waals surface area contributed by atoms with Crippen LogP contribution in [0.4, 0.5) is 5.69 Å². The number of benzene rings is 2. The number of hydrazone groups is 1. The summed E-state index contributed by atoms with van der Waals surface area (Å²) in [6.07, 6.45) is 1.61. The molecule has 5 heteroatoms. The molecule has 0 aliphatic rings. The van der Waals surface area contributed by atoms with Gasteiger partial charge in [0.2, 0.25) is 0 Å². The van der Waals surface area contributed by atoms with Crippen molar-refractivity contribution >= 4 is 33.7 Å². The van der Waals surface area contributed by atoms with Crippen molar-refractivity contribution in [2.45, 2.75) is 13.8 Å². The Morgan fingerprint density at radius 2 is 1.91 bits per heavy atom. The first kappa shape index (κ1) is 16.2. The molecule has 0 aliphatic heterocycles. The number of amides is 1.